The molecule has 1 unspecified atom stereocenters. The van der Waals surface area contributed by atoms with Gasteiger partial charge in [0, 0.05) is 5.41 Å². The number of ketones is 1. The lowest BCUT2D eigenvalue weighted by atomic mass is 9.85. The van der Waals surface area contributed by atoms with Crippen LogP contribution in [-0.2, 0) is 4.79 Å². The summed E-state index contributed by atoms with van der Waals surface area (Å²) in [5.41, 5.74) is 0.915. The largest absolute Gasteiger partial charge is 0.296 e. The molecule has 0 fully saturated rings. The fourth-order valence-electron chi connectivity index (χ4n) is 2.17. The van der Waals surface area contributed by atoms with Crippen LogP contribution in [0.3, 0.4) is 0 Å². The van der Waals surface area contributed by atoms with Crippen molar-refractivity contribution in [1.29, 1.82) is 0 Å². The first-order chi connectivity index (χ1) is 8.98. The van der Waals surface area contributed by atoms with E-state index in [-0.39, 0.29) is 11.8 Å². The van der Waals surface area contributed by atoms with E-state index in [1.54, 1.807) is 11.0 Å². The summed E-state index contributed by atoms with van der Waals surface area (Å²) in [6, 6.07) is -0.344. The van der Waals surface area contributed by atoms with Crippen LogP contribution >= 0.6 is 0 Å². The van der Waals surface area contributed by atoms with Crippen LogP contribution < -0.4 is 0 Å². The second kappa shape index (κ2) is 5.51. The molecule has 0 radical (unpaired) electrons. The van der Waals surface area contributed by atoms with Crippen LogP contribution in [0, 0.1) is 5.41 Å². The van der Waals surface area contributed by atoms with E-state index in [1.165, 1.54) is 11.9 Å². The lowest BCUT2D eigenvalue weighted by molar-refractivity contribution is -0.128. The van der Waals surface area contributed by atoms with Gasteiger partial charge in [-0.15, -0.1) is 0 Å². The summed E-state index contributed by atoms with van der Waals surface area (Å²) in [5, 5.41) is 4.14. The third kappa shape index (κ3) is 3.40. The number of carbonyl (C=O) groups excluding carboxylic acids is 1. The summed E-state index contributed by atoms with van der Waals surface area (Å²) in [6.07, 6.45) is 12.5. The Morgan fingerprint density at radius 2 is 2.21 bits per heavy atom. The highest BCUT2D eigenvalue weighted by Crippen LogP contribution is 2.27. The molecule has 1 atom stereocenters. The van der Waals surface area contributed by atoms with Gasteiger partial charge in [-0.3, -0.25) is 4.79 Å². The maximum absolute atomic E-state index is 12.6. The molecule has 0 aliphatic heterocycles. The van der Waals surface area contributed by atoms with Crippen molar-refractivity contribution in [3.63, 3.8) is 0 Å². The van der Waals surface area contributed by atoms with Crippen molar-refractivity contribution in [3.05, 3.63) is 36.5 Å². The lowest BCUT2D eigenvalue weighted by Crippen LogP contribution is -2.30. The highest BCUT2D eigenvalue weighted by Gasteiger charge is 2.30. The third-order valence-corrected chi connectivity index (χ3v) is 3.30. The quantitative estimate of drug-likeness (QED) is 0.784. The molecule has 19 heavy (non-hydrogen) atoms. The SMILES string of the molecule is CC(C)(C)C(=O)C(/C=C1/CC=CCC1)n1cncn1. The molecule has 1 heterocycles. The molecule has 0 aromatic carbocycles. The maximum atomic E-state index is 12.6. The van der Waals surface area contributed by atoms with Gasteiger partial charge in [-0.1, -0.05) is 44.6 Å². The Kier molecular flexibility index (Phi) is 3.98. The second-order valence-corrected chi connectivity index (χ2v) is 5.97. The minimum absolute atomic E-state index is 0.167. The minimum atomic E-state index is -0.391. The monoisotopic (exact) mass is 259 g/mol. The summed E-state index contributed by atoms with van der Waals surface area (Å²) >= 11 is 0. The molecular weight excluding hydrogens is 238 g/mol. The molecule has 4 nitrogen and oxygen atoms in total. The van der Waals surface area contributed by atoms with Crippen molar-refractivity contribution in [2.75, 3.05) is 0 Å². The summed E-state index contributed by atoms with van der Waals surface area (Å²) < 4.78 is 1.65. The number of aromatic nitrogens is 3. The van der Waals surface area contributed by atoms with Crippen LogP contribution in [-0.4, -0.2) is 20.5 Å². The smallest absolute Gasteiger partial charge is 0.166 e. The molecule has 1 aliphatic rings. The minimum Gasteiger partial charge on any atom is -0.296 e. The summed E-state index contributed by atoms with van der Waals surface area (Å²) in [6.45, 7) is 5.83. The number of hydrogen-bond donors (Lipinski definition) is 0. The number of carbonyl (C=O) groups is 1. The number of allylic oxidation sites excluding steroid dienone is 4. The van der Waals surface area contributed by atoms with Crippen molar-refractivity contribution >= 4 is 5.78 Å². The van der Waals surface area contributed by atoms with Crippen molar-refractivity contribution in [3.8, 4) is 0 Å². The van der Waals surface area contributed by atoms with Gasteiger partial charge in [0.05, 0.1) is 0 Å². The highest BCUT2D eigenvalue weighted by atomic mass is 16.1. The van der Waals surface area contributed by atoms with E-state index < -0.39 is 5.41 Å². The van der Waals surface area contributed by atoms with E-state index in [0.29, 0.717) is 0 Å². The Hall–Kier alpha value is -1.71. The predicted molar refractivity (Wildman–Crippen MR) is 74.6 cm³/mol. The van der Waals surface area contributed by atoms with Gasteiger partial charge in [0.1, 0.15) is 18.7 Å². The second-order valence-electron chi connectivity index (χ2n) is 5.97. The Balaban J connectivity index is 2.30. The summed E-state index contributed by atoms with van der Waals surface area (Å²) in [4.78, 5) is 16.5. The van der Waals surface area contributed by atoms with Gasteiger partial charge in [-0.05, 0) is 19.3 Å². The van der Waals surface area contributed by atoms with Gasteiger partial charge >= 0.3 is 0 Å². The van der Waals surface area contributed by atoms with Gasteiger partial charge < -0.3 is 0 Å². The van der Waals surface area contributed by atoms with Crippen molar-refractivity contribution in [2.45, 2.75) is 46.1 Å². The molecule has 1 aromatic rings. The first-order valence-electron chi connectivity index (χ1n) is 6.71. The molecule has 4 heteroatoms. The van der Waals surface area contributed by atoms with Crippen molar-refractivity contribution in [2.24, 2.45) is 5.41 Å². The van der Waals surface area contributed by atoms with E-state index in [0.717, 1.165) is 19.3 Å². The van der Waals surface area contributed by atoms with E-state index in [9.17, 15) is 4.79 Å². The molecule has 0 spiro atoms. The standard InChI is InChI=1S/C15H21N3O/c1-15(2,3)14(19)13(18-11-16-10-17-18)9-12-7-5-4-6-8-12/h4-5,9-11,13H,6-8H2,1-3H3/b12-9-. The van der Waals surface area contributed by atoms with E-state index in [4.69, 9.17) is 0 Å². The molecule has 0 saturated carbocycles. The molecule has 102 valence electrons. The zero-order chi connectivity index (χ0) is 13.9. The molecule has 0 bridgehead atoms. The van der Waals surface area contributed by atoms with Crippen molar-refractivity contribution in [1.82, 2.24) is 14.8 Å². The van der Waals surface area contributed by atoms with Crippen LogP contribution in [0.25, 0.3) is 0 Å². The highest BCUT2D eigenvalue weighted by molar-refractivity contribution is 5.88. The summed E-state index contributed by atoms with van der Waals surface area (Å²) in [7, 11) is 0. The van der Waals surface area contributed by atoms with Gasteiger partial charge in [-0.25, -0.2) is 9.67 Å². The third-order valence-electron chi connectivity index (χ3n) is 3.30. The number of nitrogens with zero attached hydrogens (tertiary/aromatic N) is 3. The van der Waals surface area contributed by atoms with Crippen LogP contribution in [0.1, 0.15) is 46.1 Å². The topological polar surface area (TPSA) is 47.8 Å². The van der Waals surface area contributed by atoms with Gasteiger partial charge in [-0.2, -0.15) is 5.10 Å². The molecule has 0 saturated heterocycles. The maximum Gasteiger partial charge on any atom is 0.166 e. The van der Waals surface area contributed by atoms with E-state index in [1.807, 2.05) is 20.8 Å². The van der Waals surface area contributed by atoms with E-state index in [2.05, 4.69) is 28.3 Å². The van der Waals surface area contributed by atoms with E-state index >= 15 is 0 Å². The Morgan fingerprint density at radius 3 is 2.74 bits per heavy atom. The van der Waals surface area contributed by atoms with Crippen LogP contribution in [0.4, 0.5) is 0 Å². The first-order valence-corrected chi connectivity index (χ1v) is 6.71. The van der Waals surface area contributed by atoms with Crippen molar-refractivity contribution < 1.29 is 4.79 Å². The molecule has 1 aromatic heterocycles. The first kappa shape index (κ1) is 13.7. The number of Topliss-reactive ketones (excluding diaryl/α,β-unsaturated/α-hetero) is 1. The van der Waals surface area contributed by atoms with Crippen LogP contribution in [0.2, 0.25) is 0 Å². The Bertz CT molecular complexity index is 492. The summed E-state index contributed by atoms with van der Waals surface area (Å²) in [5.74, 6) is 0.167. The molecule has 2 rings (SSSR count). The normalized spacial score (nSPS) is 19.6. The molecule has 1 aliphatic carbocycles. The number of rotatable bonds is 3. The van der Waals surface area contributed by atoms with Crippen LogP contribution in [0.5, 0.6) is 0 Å². The fourth-order valence-corrected chi connectivity index (χ4v) is 2.17. The average molecular weight is 259 g/mol. The lowest BCUT2D eigenvalue weighted by Gasteiger charge is -2.23. The van der Waals surface area contributed by atoms with Gasteiger partial charge in [0.25, 0.3) is 0 Å². The van der Waals surface area contributed by atoms with Gasteiger partial charge in [0.2, 0.25) is 0 Å². The average Bonchev–Trinajstić information content (AvgIpc) is 2.89. The Labute approximate surface area is 114 Å². The predicted octanol–water partition coefficient (Wildman–Crippen LogP) is 3.10. The van der Waals surface area contributed by atoms with Crippen LogP contribution in [0.15, 0.2) is 36.5 Å². The molecule has 0 amide bonds. The fraction of sp³-hybridized carbons (Fsp3) is 0.533. The Morgan fingerprint density at radius 1 is 1.42 bits per heavy atom. The van der Waals surface area contributed by atoms with Gasteiger partial charge in [0.15, 0.2) is 5.78 Å². The zero-order valence-electron chi connectivity index (χ0n) is 11.8. The molecular formula is C15H21N3O. The zero-order valence-corrected chi connectivity index (χ0v) is 11.8. The molecule has 0 N–H and O–H groups in total. The number of hydrogen-bond acceptors (Lipinski definition) is 3.